The highest BCUT2D eigenvalue weighted by Crippen LogP contribution is 2.19. The molecule has 0 aliphatic carbocycles. The Kier molecular flexibility index (Phi) is 5.97. The number of carbonyl (C=O) groups is 2. The van der Waals surface area contributed by atoms with Gasteiger partial charge in [0.15, 0.2) is 6.61 Å². The van der Waals surface area contributed by atoms with Crippen LogP contribution in [0.2, 0.25) is 0 Å². The second-order valence-corrected chi connectivity index (χ2v) is 6.86. The molecule has 0 aliphatic heterocycles. The molecule has 1 aromatic heterocycles. The van der Waals surface area contributed by atoms with E-state index in [0.717, 1.165) is 22.6 Å². The molecule has 26 heavy (non-hydrogen) atoms. The van der Waals surface area contributed by atoms with Crippen molar-refractivity contribution in [1.82, 2.24) is 9.78 Å². The summed E-state index contributed by atoms with van der Waals surface area (Å²) in [5.74, 6) is -1.19. The Morgan fingerprint density at radius 3 is 2.42 bits per heavy atom. The third-order valence-electron chi connectivity index (χ3n) is 3.49. The largest absolute Gasteiger partial charge is 0.457 e. The first kappa shape index (κ1) is 19.4. The lowest BCUT2D eigenvalue weighted by molar-refractivity contribution is -0.164. The summed E-state index contributed by atoms with van der Waals surface area (Å²) in [4.78, 5) is 23.4. The van der Waals surface area contributed by atoms with E-state index in [9.17, 15) is 9.59 Å². The lowest BCUT2D eigenvalue weighted by Crippen LogP contribution is -2.27. The van der Waals surface area contributed by atoms with Crippen LogP contribution in [0.25, 0.3) is 11.8 Å². The molecule has 2 aromatic rings. The first-order valence-electron chi connectivity index (χ1n) is 8.36. The van der Waals surface area contributed by atoms with Crippen LogP contribution in [0.1, 0.15) is 37.7 Å². The molecule has 0 N–H and O–H groups in total. The number of nitrogens with zero attached hydrogens (tertiary/aromatic N) is 2. The summed E-state index contributed by atoms with van der Waals surface area (Å²) in [5, 5.41) is 4.51. The molecular weight excluding hydrogens is 332 g/mol. The SMILES string of the molecule is Cc1nn(-c2ccccc2)c(C)c1C=CC(=O)OCC(=O)OC(C)(C)C. The molecule has 2 rings (SSSR count). The quantitative estimate of drug-likeness (QED) is 0.607. The lowest BCUT2D eigenvalue weighted by atomic mass is 10.2. The fourth-order valence-corrected chi connectivity index (χ4v) is 2.42. The zero-order chi connectivity index (χ0) is 19.3. The number of aromatic nitrogens is 2. The molecule has 0 bridgehead atoms. The third kappa shape index (κ3) is 5.31. The predicted molar refractivity (Wildman–Crippen MR) is 98.9 cm³/mol. The molecule has 6 nitrogen and oxygen atoms in total. The molecule has 1 aromatic carbocycles. The highest BCUT2D eigenvalue weighted by atomic mass is 16.6. The first-order chi connectivity index (χ1) is 12.2. The van der Waals surface area contributed by atoms with Gasteiger partial charge in [-0.15, -0.1) is 0 Å². The third-order valence-corrected chi connectivity index (χ3v) is 3.49. The van der Waals surface area contributed by atoms with Crippen molar-refractivity contribution in [2.75, 3.05) is 6.61 Å². The van der Waals surface area contributed by atoms with E-state index < -0.39 is 24.1 Å². The van der Waals surface area contributed by atoms with E-state index in [1.54, 1.807) is 26.8 Å². The van der Waals surface area contributed by atoms with E-state index >= 15 is 0 Å². The average Bonchev–Trinajstić information content (AvgIpc) is 2.85. The molecule has 0 spiro atoms. The number of rotatable bonds is 5. The Hall–Kier alpha value is -2.89. The van der Waals surface area contributed by atoms with Crippen LogP contribution in [-0.4, -0.2) is 33.9 Å². The average molecular weight is 356 g/mol. The summed E-state index contributed by atoms with van der Waals surface area (Å²) in [6.45, 7) is 8.65. The van der Waals surface area contributed by atoms with Crippen LogP contribution in [0.3, 0.4) is 0 Å². The van der Waals surface area contributed by atoms with Crippen molar-refractivity contribution in [3.05, 3.63) is 53.4 Å². The standard InChI is InChI=1S/C20H24N2O4/c1-14-17(15(2)22(21-14)16-9-7-6-8-10-16)11-12-18(23)25-13-19(24)26-20(3,4)5/h6-12H,13H2,1-5H3. The van der Waals surface area contributed by atoms with E-state index in [1.807, 2.05) is 48.9 Å². The lowest BCUT2D eigenvalue weighted by Gasteiger charge is -2.19. The molecule has 0 atom stereocenters. The van der Waals surface area contributed by atoms with Crippen LogP contribution in [0.4, 0.5) is 0 Å². The molecule has 0 saturated heterocycles. The molecule has 6 heteroatoms. The van der Waals surface area contributed by atoms with Crippen LogP contribution in [0.15, 0.2) is 36.4 Å². The fourth-order valence-electron chi connectivity index (χ4n) is 2.42. The summed E-state index contributed by atoms with van der Waals surface area (Å²) in [5.41, 5.74) is 2.87. The van der Waals surface area contributed by atoms with E-state index in [4.69, 9.17) is 9.47 Å². The van der Waals surface area contributed by atoms with Crippen molar-refractivity contribution in [2.45, 2.75) is 40.2 Å². The summed E-state index contributed by atoms with van der Waals surface area (Å²) in [7, 11) is 0. The van der Waals surface area contributed by atoms with Crippen molar-refractivity contribution in [3.8, 4) is 5.69 Å². The number of aryl methyl sites for hydroxylation is 1. The Morgan fingerprint density at radius 1 is 1.15 bits per heavy atom. The van der Waals surface area contributed by atoms with Gasteiger partial charge in [-0.25, -0.2) is 14.3 Å². The minimum Gasteiger partial charge on any atom is -0.457 e. The van der Waals surface area contributed by atoms with Gasteiger partial charge in [-0.1, -0.05) is 18.2 Å². The predicted octanol–water partition coefficient (Wildman–Crippen LogP) is 3.39. The molecule has 1 heterocycles. The van der Waals surface area contributed by atoms with Crippen molar-refractivity contribution < 1.29 is 19.1 Å². The minimum absolute atomic E-state index is 0.415. The molecule has 0 radical (unpaired) electrons. The van der Waals surface area contributed by atoms with E-state index in [0.29, 0.717) is 0 Å². The van der Waals surface area contributed by atoms with Crippen molar-refractivity contribution in [3.63, 3.8) is 0 Å². The second-order valence-electron chi connectivity index (χ2n) is 6.86. The van der Waals surface area contributed by atoms with Crippen molar-refractivity contribution in [2.24, 2.45) is 0 Å². The van der Waals surface area contributed by atoms with Gasteiger partial charge in [0.05, 0.1) is 11.4 Å². The van der Waals surface area contributed by atoms with Gasteiger partial charge >= 0.3 is 11.9 Å². The van der Waals surface area contributed by atoms with E-state index in [2.05, 4.69) is 5.10 Å². The van der Waals surface area contributed by atoms with E-state index in [-0.39, 0.29) is 0 Å². The highest BCUT2D eigenvalue weighted by molar-refractivity contribution is 5.89. The normalized spacial score (nSPS) is 11.6. The fraction of sp³-hybridized carbons (Fsp3) is 0.350. The van der Waals surface area contributed by atoms with Crippen LogP contribution in [0, 0.1) is 13.8 Å². The van der Waals surface area contributed by atoms with Crippen LogP contribution < -0.4 is 0 Å². The monoisotopic (exact) mass is 356 g/mol. The zero-order valence-corrected chi connectivity index (χ0v) is 15.8. The number of hydrogen-bond acceptors (Lipinski definition) is 5. The summed E-state index contributed by atoms with van der Waals surface area (Å²) >= 11 is 0. The molecule has 0 saturated carbocycles. The number of hydrogen-bond donors (Lipinski definition) is 0. The van der Waals surface area contributed by atoms with Gasteiger partial charge in [0.25, 0.3) is 0 Å². The Bertz CT molecular complexity index is 814. The van der Waals surface area contributed by atoms with Crippen LogP contribution in [-0.2, 0) is 19.1 Å². The molecule has 0 amide bonds. The van der Waals surface area contributed by atoms with Gasteiger partial charge < -0.3 is 9.47 Å². The van der Waals surface area contributed by atoms with Gasteiger partial charge in [-0.05, 0) is 52.8 Å². The molecule has 0 unspecified atom stereocenters. The van der Waals surface area contributed by atoms with Gasteiger partial charge in [-0.2, -0.15) is 5.10 Å². The Balaban J connectivity index is 2.03. The van der Waals surface area contributed by atoms with E-state index in [1.165, 1.54) is 6.08 Å². The Labute approximate surface area is 153 Å². The van der Waals surface area contributed by atoms with Gasteiger partial charge in [0.2, 0.25) is 0 Å². The molecule has 0 aliphatic rings. The maximum Gasteiger partial charge on any atom is 0.344 e. The number of esters is 2. The van der Waals surface area contributed by atoms with Crippen molar-refractivity contribution in [1.29, 1.82) is 0 Å². The highest BCUT2D eigenvalue weighted by Gasteiger charge is 2.17. The van der Waals surface area contributed by atoms with Gasteiger partial charge in [-0.3, -0.25) is 0 Å². The van der Waals surface area contributed by atoms with Crippen LogP contribution in [0.5, 0.6) is 0 Å². The zero-order valence-electron chi connectivity index (χ0n) is 15.8. The number of para-hydroxylation sites is 1. The van der Waals surface area contributed by atoms with Gasteiger partial charge in [0, 0.05) is 17.3 Å². The number of benzene rings is 1. The maximum absolute atomic E-state index is 11.8. The number of ether oxygens (including phenoxy) is 2. The molecule has 138 valence electrons. The number of carbonyl (C=O) groups excluding carboxylic acids is 2. The second kappa shape index (κ2) is 7.99. The Morgan fingerprint density at radius 2 is 1.81 bits per heavy atom. The summed E-state index contributed by atoms with van der Waals surface area (Å²) < 4.78 is 11.8. The summed E-state index contributed by atoms with van der Waals surface area (Å²) in [6.07, 6.45) is 2.94. The molecular formula is C20H24N2O4. The van der Waals surface area contributed by atoms with Gasteiger partial charge in [0.1, 0.15) is 5.60 Å². The maximum atomic E-state index is 11.8. The van der Waals surface area contributed by atoms with Crippen molar-refractivity contribution >= 4 is 18.0 Å². The van der Waals surface area contributed by atoms with Crippen LogP contribution >= 0.6 is 0 Å². The molecule has 0 fully saturated rings. The topological polar surface area (TPSA) is 70.4 Å². The first-order valence-corrected chi connectivity index (χ1v) is 8.36. The minimum atomic E-state index is -0.612. The smallest absolute Gasteiger partial charge is 0.344 e. The summed E-state index contributed by atoms with van der Waals surface area (Å²) in [6, 6.07) is 9.74.